The summed E-state index contributed by atoms with van der Waals surface area (Å²) >= 11 is 0. The molecule has 1 fully saturated rings. The van der Waals surface area contributed by atoms with Crippen LogP contribution < -0.4 is 0 Å². The third-order valence-electron chi connectivity index (χ3n) is 3.92. The summed E-state index contributed by atoms with van der Waals surface area (Å²) < 4.78 is 38.0. The monoisotopic (exact) mass is 264 g/mol. The summed E-state index contributed by atoms with van der Waals surface area (Å²) in [6.07, 6.45) is -0.311. The van der Waals surface area contributed by atoms with Gasteiger partial charge in [0.25, 0.3) is 0 Å². The zero-order valence-electron chi connectivity index (χ0n) is 11.2. The topological polar surface area (TPSA) is 17.1 Å². The van der Waals surface area contributed by atoms with Crippen molar-refractivity contribution >= 4 is 5.78 Å². The van der Waals surface area contributed by atoms with Crippen molar-refractivity contribution in [3.63, 3.8) is 0 Å². The van der Waals surface area contributed by atoms with Crippen molar-refractivity contribution in [2.24, 2.45) is 17.8 Å². The van der Waals surface area contributed by atoms with Gasteiger partial charge in [-0.05, 0) is 25.2 Å². The lowest BCUT2D eigenvalue weighted by atomic mass is 9.77. The molecule has 18 heavy (non-hydrogen) atoms. The summed E-state index contributed by atoms with van der Waals surface area (Å²) in [7, 11) is 0. The number of alkyl halides is 3. The van der Waals surface area contributed by atoms with Crippen LogP contribution in [0.4, 0.5) is 13.2 Å². The normalized spacial score (nSPS) is 26.9. The first-order valence-electron chi connectivity index (χ1n) is 6.94. The molecule has 3 unspecified atom stereocenters. The first-order valence-corrected chi connectivity index (χ1v) is 6.94. The third-order valence-corrected chi connectivity index (χ3v) is 3.92. The van der Waals surface area contributed by atoms with Crippen molar-refractivity contribution in [1.29, 1.82) is 0 Å². The highest BCUT2D eigenvalue weighted by Crippen LogP contribution is 2.40. The average Bonchev–Trinajstić information content (AvgIpc) is 2.28. The van der Waals surface area contributed by atoms with Crippen LogP contribution in [0.25, 0.3) is 0 Å². The minimum atomic E-state index is -4.13. The van der Waals surface area contributed by atoms with Crippen LogP contribution in [0.3, 0.4) is 0 Å². The van der Waals surface area contributed by atoms with Crippen LogP contribution in [0, 0.1) is 17.8 Å². The molecule has 0 aromatic carbocycles. The van der Waals surface area contributed by atoms with Gasteiger partial charge in [0.2, 0.25) is 0 Å². The maximum Gasteiger partial charge on any atom is 0.391 e. The van der Waals surface area contributed by atoms with Gasteiger partial charge in [-0.3, -0.25) is 4.79 Å². The van der Waals surface area contributed by atoms with Gasteiger partial charge in [-0.2, -0.15) is 13.2 Å². The first-order chi connectivity index (χ1) is 8.34. The zero-order valence-corrected chi connectivity index (χ0v) is 11.2. The van der Waals surface area contributed by atoms with Crippen LogP contribution in [0.15, 0.2) is 0 Å². The predicted octanol–water partition coefficient (Wildman–Crippen LogP) is 4.75. The Hall–Kier alpha value is -0.540. The number of halogens is 3. The van der Waals surface area contributed by atoms with Gasteiger partial charge >= 0.3 is 6.18 Å². The van der Waals surface area contributed by atoms with E-state index in [0.29, 0.717) is 25.2 Å². The molecule has 1 aliphatic rings. The summed E-state index contributed by atoms with van der Waals surface area (Å²) in [6, 6.07) is 0. The number of carbonyl (C=O) groups is 1. The molecule has 0 aromatic rings. The van der Waals surface area contributed by atoms with Crippen LogP contribution in [0.1, 0.15) is 58.8 Å². The van der Waals surface area contributed by atoms with Gasteiger partial charge < -0.3 is 0 Å². The summed E-state index contributed by atoms with van der Waals surface area (Å²) in [4.78, 5) is 12.0. The largest absolute Gasteiger partial charge is 0.391 e. The number of ketones is 1. The molecule has 1 aliphatic carbocycles. The fourth-order valence-corrected chi connectivity index (χ4v) is 2.88. The number of hydrogen-bond donors (Lipinski definition) is 0. The van der Waals surface area contributed by atoms with Crippen molar-refractivity contribution in [2.75, 3.05) is 0 Å². The lowest BCUT2D eigenvalue weighted by Crippen LogP contribution is -2.32. The van der Waals surface area contributed by atoms with Crippen molar-refractivity contribution in [1.82, 2.24) is 0 Å². The summed E-state index contributed by atoms with van der Waals surface area (Å²) in [5.41, 5.74) is 0. The van der Waals surface area contributed by atoms with E-state index in [1.807, 2.05) is 6.92 Å². The first kappa shape index (κ1) is 15.5. The lowest BCUT2D eigenvalue weighted by Gasteiger charge is -2.30. The second-order valence-corrected chi connectivity index (χ2v) is 5.67. The Labute approximate surface area is 107 Å². The van der Waals surface area contributed by atoms with Gasteiger partial charge in [0.1, 0.15) is 5.78 Å². The van der Waals surface area contributed by atoms with E-state index in [-0.39, 0.29) is 24.5 Å². The second-order valence-electron chi connectivity index (χ2n) is 5.67. The van der Waals surface area contributed by atoms with Gasteiger partial charge in [-0.15, -0.1) is 0 Å². The van der Waals surface area contributed by atoms with E-state index in [4.69, 9.17) is 0 Å². The molecular weight excluding hydrogens is 241 g/mol. The van der Waals surface area contributed by atoms with Gasteiger partial charge in [0.05, 0.1) is 5.92 Å². The van der Waals surface area contributed by atoms with Crippen molar-refractivity contribution in [3.05, 3.63) is 0 Å². The molecule has 0 bridgehead atoms. The summed E-state index contributed by atoms with van der Waals surface area (Å²) in [5.74, 6) is -1.27. The maximum absolute atomic E-state index is 12.7. The molecule has 1 rings (SSSR count). The number of rotatable bonds is 5. The van der Waals surface area contributed by atoms with E-state index >= 15 is 0 Å². The molecule has 0 amide bonds. The minimum absolute atomic E-state index is 0.0151. The van der Waals surface area contributed by atoms with Crippen LogP contribution in [-0.2, 0) is 4.79 Å². The van der Waals surface area contributed by atoms with Gasteiger partial charge in [0, 0.05) is 12.3 Å². The zero-order chi connectivity index (χ0) is 13.8. The quantitative estimate of drug-likeness (QED) is 0.700. The third kappa shape index (κ3) is 4.62. The molecule has 0 aromatic heterocycles. The van der Waals surface area contributed by atoms with Gasteiger partial charge in [0.15, 0.2) is 0 Å². The molecule has 106 valence electrons. The molecule has 0 radical (unpaired) electrons. The molecular formula is C14H23F3O. The highest BCUT2D eigenvalue weighted by atomic mass is 19.4. The smallest absolute Gasteiger partial charge is 0.299 e. The second kappa shape index (κ2) is 6.58. The van der Waals surface area contributed by atoms with Crippen molar-refractivity contribution in [3.8, 4) is 0 Å². The number of hydrogen-bond acceptors (Lipinski definition) is 1. The molecule has 4 heteroatoms. The molecule has 1 saturated carbocycles. The van der Waals surface area contributed by atoms with Crippen LogP contribution in [-0.4, -0.2) is 12.0 Å². The van der Waals surface area contributed by atoms with Crippen molar-refractivity contribution < 1.29 is 18.0 Å². The van der Waals surface area contributed by atoms with Crippen LogP contribution in [0.5, 0.6) is 0 Å². The fourth-order valence-electron chi connectivity index (χ4n) is 2.88. The molecule has 0 saturated heterocycles. The van der Waals surface area contributed by atoms with E-state index in [9.17, 15) is 18.0 Å². The number of carbonyl (C=O) groups excluding carboxylic acids is 1. The predicted molar refractivity (Wildman–Crippen MR) is 65.2 cm³/mol. The Kier molecular flexibility index (Phi) is 5.67. The number of Topliss-reactive ketones (excluding diaryl/α,β-unsaturated/α-hetero) is 1. The maximum atomic E-state index is 12.7. The Morgan fingerprint density at radius 2 is 2.00 bits per heavy atom. The molecule has 1 nitrogen and oxygen atoms in total. The molecule has 0 aliphatic heterocycles. The average molecular weight is 264 g/mol. The fraction of sp³-hybridized carbons (Fsp3) is 0.929. The highest BCUT2D eigenvalue weighted by molar-refractivity contribution is 5.81. The van der Waals surface area contributed by atoms with E-state index in [0.717, 1.165) is 12.8 Å². The van der Waals surface area contributed by atoms with Gasteiger partial charge in [-0.1, -0.05) is 33.1 Å². The molecule has 0 N–H and O–H groups in total. The molecule has 3 atom stereocenters. The Morgan fingerprint density at radius 1 is 1.33 bits per heavy atom. The highest BCUT2D eigenvalue weighted by Gasteiger charge is 2.43. The van der Waals surface area contributed by atoms with E-state index in [1.165, 1.54) is 0 Å². The Balaban J connectivity index is 2.48. The Bertz CT molecular complexity index is 273. The standard InChI is InChI=1S/C14H23F3O/c1-3-5-10(2)8-13(18)11-6-4-7-12(9-11)14(15,16)17/h10-12H,3-9H2,1-2H3. The van der Waals surface area contributed by atoms with Crippen LogP contribution in [0.2, 0.25) is 0 Å². The summed E-state index contributed by atoms with van der Waals surface area (Å²) in [6.45, 7) is 4.06. The van der Waals surface area contributed by atoms with Gasteiger partial charge in [-0.25, -0.2) is 0 Å². The van der Waals surface area contributed by atoms with Crippen molar-refractivity contribution in [2.45, 2.75) is 65.0 Å². The minimum Gasteiger partial charge on any atom is -0.299 e. The summed E-state index contributed by atoms with van der Waals surface area (Å²) in [5, 5.41) is 0. The van der Waals surface area contributed by atoms with E-state index < -0.39 is 12.1 Å². The van der Waals surface area contributed by atoms with Crippen LogP contribution >= 0.6 is 0 Å². The lowest BCUT2D eigenvalue weighted by molar-refractivity contribution is -0.186. The Morgan fingerprint density at radius 3 is 2.56 bits per heavy atom. The van der Waals surface area contributed by atoms with E-state index in [2.05, 4.69) is 6.92 Å². The van der Waals surface area contributed by atoms with E-state index in [1.54, 1.807) is 0 Å². The molecule has 0 heterocycles. The SMILES string of the molecule is CCCC(C)CC(=O)C1CCCC(C(F)(F)F)C1. The molecule has 0 spiro atoms.